The fourth-order valence-corrected chi connectivity index (χ4v) is 4.68. The zero-order valence-corrected chi connectivity index (χ0v) is 13.2. The third-order valence-electron chi connectivity index (χ3n) is 3.50. The number of nitrogens with one attached hydrogen (secondary N) is 1. The van der Waals surface area contributed by atoms with Gasteiger partial charge in [0.2, 0.25) is 5.03 Å². The van der Waals surface area contributed by atoms with E-state index in [4.69, 9.17) is 5.11 Å². The summed E-state index contributed by atoms with van der Waals surface area (Å²) in [6.07, 6.45) is 2.11. The number of sulfonamides is 1. The molecule has 10 heteroatoms. The van der Waals surface area contributed by atoms with Gasteiger partial charge in [-0.05, 0) is 34.7 Å². The first kappa shape index (κ1) is 15.4. The molecule has 20 heavy (non-hydrogen) atoms. The topological polar surface area (TPSA) is 114 Å². The minimum absolute atomic E-state index is 0.0672. The number of aryl methyl sites for hydroxylation is 1. The number of hydrogen-bond acceptors (Lipinski definition) is 5. The number of carboxylic acids is 1. The first-order valence-corrected chi connectivity index (χ1v) is 8.38. The van der Waals surface area contributed by atoms with Crippen molar-refractivity contribution in [2.75, 3.05) is 6.54 Å². The van der Waals surface area contributed by atoms with Gasteiger partial charge >= 0.3 is 5.97 Å². The number of rotatable bonds is 5. The monoisotopic (exact) mass is 366 g/mol. The van der Waals surface area contributed by atoms with Crippen LogP contribution in [0.25, 0.3) is 0 Å². The van der Waals surface area contributed by atoms with Crippen molar-refractivity contribution in [1.82, 2.24) is 19.7 Å². The van der Waals surface area contributed by atoms with Gasteiger partial charge in [-0.25, -0.2) is 17.8 Å². The molecule has 1 heterocycles. The lowest BCUT2D eigenvalue weighted by Gasteiger charge is -2.16. The number of aliphatic carboxylic acids is 1. The highest BCUT2D eigenvalue weighted by Crippen LogP contribution is 2.31. The van der Waals surface area contributed by atoms with Gasteiger partial charge in [0.25, 0.3) is 10.0 Å². The summed E-state index contributed by atoms with van der Waals surface area (Å²) in [5, 5.41) is 16.2. The van der Waals surface area contributed by atoms with Crippen LogP contribution in [0, 0.1) is 11.8 Å². The van der Waals surface area contributed by atoms with E-state index in [0.717, 1.165) is 11.1 Å². The van der Waals surface area contributed by atoms with Crippen molar-refractivity contribution in [2.45, 2.75) is 24.3 Å². The summed E-state index contributed by atoms with van der Waals surface area (Å²) in [5.74, 6) is -1.52. The molecule has 0 amide bonds. The Labute approximate surface area is 124 Å². The van der Waals surface area contributed by atoms with Crippen molar-refractivity contribution < 1.29 is 18.3 Å². The maximum Gasteiger partial charge on any atom is 0.306 e. The van der Waals surface area contributed by atoms with E-state index in [2.05, 4.69) is 31.0 Å². The molecule has 1 aliphatic carbocycles. The summed E-state index contributed by atoms with van der Waals surface area (Å²) >= 11 is 3.03. The third kappa shape index (κ3) is 3.01. The maximum absolute atomic E-state index is 12.2. The van der Waals surface area contributed by atoms with Crippen molar-refractivity contribution in [3.8, 4) is 0 Å². The van der Waals surface area contributed by atoms with Crippen LogP contribution in [0.3, 0.4) is 0 Å². The predicted octanol–water partition coefficient (Wildman–Crippen LogP) is 0.357. The van der Waals surface area contributed by atoms with E-state index in [0.29, 0.717) is 12.8 Å². The van der Waals surface area contributed by atoms with Crippen LogP contribution in [0.5, 0.6) is 0 Å². The predicted molar refractivity (Wildman–Crippen MR) is 72.4 cm³/mol. The van der Waals surface area contributed by atoms with Crippen LogP contribution in [0.4, 0.5) is 0 Å². The van der Waals surface area contributed by atoms with Gasteiger partial charge in [-0.1, -0.05) is 11.6 Å². The van der Waals surface area contributed by atoms with Gasteiger partial charge in [0.05, 0.1) is 5.92 Å². The zero-order chi connectivity index (χ0) is 14.9. The second kappa shape index (κ2) is 5.78. The quantitative estimate of drug-likeness (QED) is 0.777. The van der Waals surface area contributed by atoms with Crippen LogP contribution < -0.4 is 4.72 Å². The number of aromatic nitrogens is 3. The fourth-order valence-electron chi connectivity index (χ4n) is 2.50. The second-order valence-electron chi connectivity index (χ2n) is 4.80. The summed E-state index contributed by atoms with van der Waals surface area (Å²) in [7, 11) is -2.29. The second-order valence-corrected chi connectivity index (χ2v) is 7.23. The van der Waals surface area contributed by atoms with Gasteiger partial charge in [-0.15, -0.1) is 5.10 Å². The Hall–Kier alpha value is -1.00. The maximum atomic E-state index is 12.2. The van der Waals surface area contributed by atoms with Crippen LogP contribution in [0.15, 0.2) is 9.63 Å². The number of halogens is 1. The Morgan fingerprint density at radius 1 is 1.55 bits per heavy atom. The molecule has 1 aliphatic rings. The van der Waals surface area contributed by atoms with Crippen LogP contribution in [-0.4, -0.2) is 41.0 Å². The van der Waals surface area contributed by atoms with Gasteiger partial charge < -0.3 is 5.11 Å². The molecule has 1 aromatic rings. The summed E-state index contributed by atoms with van der Waals surface area (Å²) in [6.45, 7) is 0.108. The highest BCUT2D eigenvalue weighted by Gasteiger charge is 2.34. The molecule has 1 saturated carbocycles. The lowest BCUT2D eigenvalue weighted by Crippen LogP contribution is -2.34. The van der Waals surface area contributed by atoms with Crippen molar-refractivity contribution in [3.05, 3.63) is 4.60 Å². The molecule has 0 saturated heterocycles. The molecule has 1 aromatic heterocycles. The molecule has 0 aromatic carbocycles. The SMILES string of the molecule is Cn1nnc(Br)c1S(=O)(=O)NCC1CCCC1C(=O)O. The van der Waals surface area contributed by atoms with E-state index >= 15 is 0 Å². The van der Waals surface area contributed by atoms with E-state index in [1.807, 2.05) is 0 Å². The van der Waals surface area contributed by atoms with Crippen molar-refractivity contribution in [2.24, 2.45) is 18.9 Å². The molecule has 0 spiro atoms. The van der Waals surface area contributed by atoms with E-state index in [-0.39, 0.29) is 22.1 Å². The third-order valence-corrected chi connectivity index (χ3v) is 5.81. The minimum atomic E-state index is -3.77. The number of carbonyl (C=O) groups is 1. The average molecular weight is 367 g/mol. The lowest BCUT2D eigenvalue weighted by atomic mass is 9.97. The zero-order valence-electron chi connectivity index (χ0n) is 10.8. The Kier molecular flexibility index (Phi) is 4.45. The van der Waals surface area contributed by atoms with Crippen LogP contribution >= 0.6 is 15.9 Å². The lowest BCUT2D eigenvalue weighted by molar-refractivity contribution is -0.142. The van der Waals surface area contributed by atoms with Gasteiger partial charge in [0.15, 0.2) is 4.60 Å². The van der Waals surface area contributed by atoms with Crippen molar-refractivity contribution in [1.29, 1.82) is 0 Å². The van der Waals surface area contributed by atoms with Crippen molar-refractivity contribution >= 4 is 31.9 Å². The molecule has 112 valence electrons. The van der Waals surface area contributed by atoms with E-state index in [9.17, 15) is 13.2 Å². The smallest absolute Gasteiger partial charge is 0.306 e. The van der Waals surface area contributed by atoms with Gasteiger partial charge in [-0.2, -0.15) is 0 Å². The first-order chi connectivity index (χ1) is 9.33. The molecule has 2 unspecified atom stereocenters. The summed E-state index contributed by atoms with van der Waals surface area (Å²) in [6, 6.07) is 0. The molecular weight excluding hydrogens is 352 g/mol. The molecule has 8 nitrogen and oxygen atoms in total. The molecule has 2 atom stereocenters. The normalized spacial score (nSPS) is 23.1. The Balaban J connectivity index is 2.09. The first-order valence-electron chi connectivity index (χ1n) is 6.10. The van der Waals surface area contributed by atoms with Crippen LogP contribution in [-0.2, 0) is 21.9 Å². The summed E-state index contributed by atoms with van der Waals surface area (Å²) < 4.78 is 28.1. The Morgan fingerprint density at radius 2 is 2.25 bits per heavy atom. The molecule has 0 aliphatic heterocycles. The molecule has 0 radical (unpaired) electrons. The highest BCUT2D eigenvalue weighted by molar-refractivity contribution is 9.10. The molecule has 1 fully saturated rings. The minimum Gasteiger partial charge on any atom is -0.481 e. The largest absolute Gasteiger partial charge is 0.481 e. The Bertz CT molecular complexity index is 595. The van der Waals surface area contributed by atoms with Gasteiger partial charge in [0, 0.05) is 13.6 Å². The molecular formula is C10H15BrN4O4S. The standard InChI is InChI=1S/C10H15BrN4O4S/c1-15-9(8(11)13-14-15)20(18,19)12-5-6-3-2-4-7(6)10(16)17/h6-7,12H,2-5H2,1H3,(H,16,17). The molecule has 2 N–H and O–H groups in total. The fraction of sp³-hybridized carbons (Fsp3) is 0.700. The number of hydrogen-bond donors (Lipinski definition) is 2. The van der Waals surface area contributed by atoms with Crippen molar-refractivity contribution in [3.63, 3.8) is 0 Å². The van der Waals surface area contributed by atoms with Crippen LogP contribution in [0.2, 0.25) is 0 Å². The van der Waals surface area contributed by atoms with Gasteiger partial charge in [-0.3, -0.25) is 4.79 Å². The van der Waals surface area contributed by atoms with Gasteiger partial charge in [0.1, 0.15) is 0 Å². The summed E-state index contributed by atoms with van der Waals surface area (Å²) in [4.78, 5) is 11.1. The van der Waals surface area contributed by atoms with E-state index in [1.165, 1.54) is 7.05 Å². The van der Waals surface area contributed by atoms with E-state index in [1.54, 1.807) is 0 Å². The Morgan fingerprint density at radius 3 is 2.80 bits per heavy atom. The number of carboxylic acid groups (broad SMARTS) is 1. The average Bonchev–Trinajstić information content (AvgIpc) is 2.94. The summed E-state index contributed by atoms with van der Waals surface area (Å²) in [5.41, 5.74) is 0. The van der Waals surface area contributed by atoms with Crippen LogP contribution in [0.1, 0.15) is 19.3 Å². The highest BCUT2D eigenvalue weighted by atomic mass is 79.9. The number of nitrogens with zero attached hydrogens (tertiary/aromatic N) is 3. The molecule has 2 rings (SSSR count). The van der Waals surface area contributed by atoms with E-state index < -0.39 is 21.9 Å². The molecule has 0 bridgehead atoms.